The van der Waals surface area contributed by atoms with Crippen LogP contribution in [0.1, 0.15) is 11.5 Å². The van der Waals surface area contributed by atoms with E-state index in [9.17, 15) is 4.79 Å². The number of fused-ring (bicyclic) bond motifs is 1. The van der Waals surface area contributed by atoms with Crippen molar-refractivity contribution in [3.63, 3.8) is 0 Å². The summed E-state index contributed by atoms with van der Waals surface area (Å²) in [5.74, 6) is 1.93. The molecule has 0 aliphatic carbocycles. The average Bonchev–Trinajstić information content (AvgIpc) is 3.15. The number of aromatic nitrogens is 5. The van der Waals surface area contributed by atoms with Crippen LogP contribution in [0, 0.1) is 6.92 Å². The predicted octanol–water partition coefficient (Wildman–Crippen LogP) is 3.67. The Labute approximate surface area is 161 Å². The zero-order valence-electron chi connectivity index (χ0n) is 14.0. The lowest BCUT2D eigenvalue weighted by atomic mass is 10.2. The fourth-order valence-electron chi connectivity index (χ4n) is 2.56. The molecule has 4 rings (SSSR count). The van der Waals surface area contributed by atoms with Crippen LogP contribution < -0.4 is 5.56 Å². The van der Waals surface area contributed by atoms with Gasteiger partial charge in [-0.2, -0.15) is 0 Å². The maximum absolute atomic E-state index is 11.8. The van der Waals surface area contributed by atoms with E-state index in [2.05, 4.69) is 35.9 Å². The van der Waals surface area contributed by atoms with E-state index in [0.717, 1.165) is 21.5 Å². The number of imidazole rings is 1. The fourth-order valence-corrected chi connectivity index (χ4v) is 3.93. The molecule has 26 heavy (non-hydrogen) atoms. The van der Waals surface area contributed by atoms with Crippen molar-refractivity contribution in [2.45, 2.75) is 17.8 Å². The quantitative estimate of drug-likeness (QED) is 0.495. The van der Waals surface area contributed by atoms with Gasteiger partial charge in [0.25, 0.3) is 5.56 Å². The van der Waals surface area contributed by atoms with Crippen LogP contribution in [-0.2, 0) is 12.8 Å². The maximum atomic E-state index is 11.8. The molecule has 0 aliphatic heterocycles. The van der Waals surface area contributed by atoms with Crippen molar-refractivity contribution in [2.24, 2.45) is 7.05 Å². The second-order valence-corrected chi connectivity index (χ2v) is 7.54. The monoisotopic (exact) mass is 431 g/mol. The smallest absolute Gasteiger partial charge is 0.278 e. The van der Waals surface area contributed by atoms with Crippen molar-refractivity contribution < 1.29 is 4.42 Å². The lowest BCUT2D eigenvalue weighted by molar-refractivity contribution is 0.540. The van der Waals surface area contributed by atoms with Crippen LogP contribution in [0.4, 0.5) is 0 Å². The van der Waals surface area contributed by atoms with Crippen LogP contribution in [-0.4, -0.2) is 24.5 Å². The number of aryl methyl sites for hydroxylation is 2. The largest absolute Gasteiger partial charge is 0.441 e. The number of halogens is 1. The van der Waals surface area contributed by atoms with Gasteiger partial charge in [-0.3, -0.25) is 4.79 Å². The minimum atomic E-state index is -0.244. The first-order chi connectivity index (χ1) is 12.5. The molecule has 1 N–H and O–H groups in total. The number of aromatic amines is 1. The summed E-state index contributed by atoms with van der Waals surface area (Å²) < 4.78 is 8.59. The first-order valence-corrected chi connectivity index (χ1v) is 9.56. The number of nitrogens with one attached hydrogen (secondary N) is 1. The van der Waals surface area contributed by atoms with Gasteiger partial charge < -0.3 is 14.0 Å². The highest BCUT2D eigenvalue weighted by Crippen LogP contribution is 2.28. The Kier molecular flexibility index (Phi) is 4.41. The highest BCUT2D eigenvalue weighted by atomic mass is 79.9. The summed E-state index contributed by atoms with van der Waals surface area (Å²) in [7, 11) is 1.84. The van der Waals surface area contributed by atoms with Gasteiger partial charge >= 0.3 is 0 Å². The van der Waals surface area contributed by atoms with Crippen LogP contribution in [0.25, 0.3) is 22.6 Å². The second kappa shape index (κ2) is 6.73. The molecule has 0 saturated carbocycles. The van der Waals surface area contributed by atoms with Gasteiger partial charge in [-0.15, -0.1) is 0 Å². The predicted molar refractivity (Wildman–Crippen MR) is 103 cm³/mol. The van der Waals surface area contributed by atoms with E-state index in [0.29, 0.717) is 28.0 Å². The number of hydrogen-bond donors (Lipinski definition) is 1. The molecule has 132 valence electrons. The zero-order valence-corrected chi connectivity index (χ0v) is 16.4. The van der Waals surface area contributed by atoms with E-state index in [1.807, 2.05) is 38.2 Å². The number of rotatable bonds is 4. The minimum Gasteiger partial charge on any atom is -0.441 e. The standard InChI is InChI=1S/C17H14BrN5O2S/c1-9-12(21-16(25-9)10-4-3-5-11(18)6-10)7-26-17-22-13-14(23(17)2)19-8-20-15(13)24/h3-6,8H,7H2,1-2H3,(H,19,20,24). The van der Waals surface area contributed by atoms with Crippen molar-refractivity contribution in [1.82, 2.24) is 24.5 Å². The van der Waals surface area contributed by atoms with Crippen LogP contribution in [0.5, 0.6) is 0 Å². The van der Waals surface area contributed by atoms with E-state index in [1.54, 1.807) is 4.57 Å². The summed E-state index contributed by atoms with van der Waals surface area (Å²) >= 11 is 4.95. The first kappa shape index (κ1) is 17.0. The Bertz CT molecular complexity index is 1160. The maximum Gasteiger partial charge on any atom is 0.278 e. The number of oxazole rings is 1. The molecule has 4 aromatic rings. The van der Waals surface area contributed by atoms with Crippen LogP contribution in [0.15, 0.2) is 49.4 Å². The normalized spacial score (nSPS) is 11.3. The highest BCUT2D eigenvalue weighted by molar-refractivity contribution is 9.10. The van der Waals surface area contributed by atoms with E-state index < -0.39 is 0 Å². The molecular formula is C17H14BrN5O2S. The molecule has 0 radical (unpaired) electrons. The summed E-state index contributed by atoms with van der Waals surface area (Å²) in [5, 5.41) is 0.704. The second-order valence-electron chi connectivity index (χ2n) is 5.68. The summed E-state index contributed by atoms with van der Waals surface area (Å²) in [6, 6.07) is 7.82. The first-order valence-electron chi connectivity index (χ1n) is 7.78. The number of nitrogens with zero attached hydrogens (tertiary/aromatic N) is 4. The molecule has 0 fully saturated rings. The van der Waals surface area contributed by atoms with E-state index in [4.69, 9.17) is 4.42 Å². The van der Waals surface area contributed by atoms with E-state index in [1.165, 1.54) is 18.1 Å². The number of hydrogen-bond acceptors (Lipinski definition) is 6. The number of thioether (sulfide) groups is 1. The summed E-state index contributed by atoms with van der Waals surface area (Å²) in [5.41, 5.74) is 2.41. The summed E-state index contributed by atoms with van der Waals surface area (Å²) in [4.78, 5) is 27.6. The molecule has 0 amide bonds. The molecule has 0 spiro atoms. The third-order valence-corrected chi connectivity index (χ3v) is 5.46. The molecule has 9 heteroatoms. The topological polar surface area (TPSA) is 89.6 Å². The Morgan fingerprint density at radius 3 is 2.96 bits per heavy atom. The fraction of sp³-hybridized carbons (Fsp3) is 0.176. The van der Waals surface area contributed by atoms with Gasteiger partial charge in [-0.25, -0.2) is 15.0 Å². The van der Waals surface area contributed by atoms with Crippen LogP contribution in [0.3, 0.4) is 0 Å². The van der Waals surface area contributed by atoms with E-state index in [-0.39, 0.29) is 5.56 Å². The Morgan fingerprint density at radius 2 is 2.19 bits per heavy atom. The molecule has 0 aliphatic rings. The molecule has 0 bridgehead atoms. The van der Waals surface area contributed by atoms with E-state index >= 15 is 0 Å². The molecule has 0 unspecified atom stereocenters. The van der Waals surface area contributed by atoms with Gasteiger partial charge in [0, 0.05) is 22.8 Å². The molecule has 3 aromatic heterocycles. The molecular weight excluding hydrogens is 418 g/mol. The number of H-pyrrole nitrogens is 1. The van der Waals surface area contributed by atoms with Crippen molar-refractivity contribution in [3.8, 4) is 11.5 Å². The Balaban J connectivity index is 1.60. The Hall–Kier alpha value is -2.39. The third kappa shape index (κ3) is 3.08. The van der Waals surface area contributed by atoms with Crippen molar-refractivity contribution in [1.29, 1.82) is 0 Å². The lowest BCUT2D eigenvalue weighted by Crippen LogP contribution is -2.06. The van der Waals surface area contributed by atoms with Gasteiger partial charge in [0.15, 0.2) is 16.3 Å². The minimum absolute atomic E-state index is 0.244. The SMILES string of the molecule is Cc1oc(-c2cccc(Br)c2)nc1CSc1nc2c(=O)[nH]cnc2n1C. The Morgan fingerprint density at radius 1 is 1.35 bits per heavy atom. The molecule has 0 saturated heterocycles. The van der Waals surface area contributed by atoms with Gasteiger partial charge in [-0.1, -0.05) is 33.8 Å². The van der Waals surface area contributed by atoms with Crippen molar-refractivity contribution >= 4 is 38.9 Å². The zero-order chi connectivity index (χ0) is 18.3. The van der Waals surface area contributed by atoms with Gasteiger partial charge in [0.2, 0.25) is 5.89 Å². The molecule has 1 aromatic carbocycles. The van der Waals surface area contributed by atoms with Crippen LogP contribution >= 0.6 is 27.7 Å². The molecule has 3 heterocycles. The van der Waals surface area contributed by atoms with Gasteiger partial charge in [-0.05, 0) is 25.1 Å². The van der Waals surface area contributed by atoms with Crippen molar-refractivity contribution in [2.75, 3.05) is 0 Å². The number of benzene rings is 1. The molecule has 7 nitrogen and oxygen atoms in total. The van der Waals surface area contributed by atoms with Crippen molar-refractivity contribution in [3.05, 3.63) is 56.9 Å². The molecule has 0 atom stereocenters. The average molecular weight is 432 g/mol. The lowest BCUT2D eigenvalue weighted by Gasteiger charge is -2.00. The van der Waals surface area contributed by atoms with Gasteiger partial charge in [0.05, 0.1) is 12.0 Å². The van der Waals surface area contributed by atoms with Gasteiger partial charge in [0.1, 0.15) is 5.76 Å². The summed E-state index contributed by atoms with van der Waals surface area (Å²) in [6.07, 6.45) is 1.38. The third-order valence-electron chi connectivity index (χ3n) is 3.92. The highest BCUT2D eigenvalue weighted by Gasteiger charge is 2.16. The summed E-state index contributed by atoms with van der Waals surface area (Å²) in [6.45, 7) is 1.89. The van der Waals surface area contributed by atoms with Crippen LogP contribution in [0.2, 0.25) is 0 Å².